The van der Waals surface area contributed by atoms with Crippen molar-refractivity contribution in [2.24, 2.45) is 0 Å². The summed E-state index contributed by atoms with van der Waals surface area (Å²) in [5, 5.41) is 3.09. The Labute approximate surface area is 146 Å². The van der Waals surface area contributed by atoms with E-state index >= 15 is 0 Å². The van der Waals surface area contributed by atoms with Crippen molar-refractivity contribution < 1.29 is 9.53 Å². The second kappa shape index (κ2) is 7.98. The predicted molar refractivity (Wildman–Crippen MR) is 92.3 cm³/mol. The lowest BCUT2D eigenvalue weighted by atomic mass is 9.99. The van der Waals surface area contributed by atoms with E-state index in [1.807, 2.05) is 17.9 Å². The number of nitrogens with one attached hydrogen (secondary N) is 1. The molecule has 3 heterocycles. The second-order valence-electron chi connectivity index (χ2n) is 5.95. The van der Waals surface area contributed by atoms with E-state index in [-0.39, 0.29) is 18.6 Å². The highest BCUT2D eigenvalue weighted by Gasteiger charge is 2.29. The first-order valence-corrected chi connectivity index (χ1v) is 8.35. The minimum atomic E-state index is -0.0599. The minimum absolute atomic E-state index is 0.00985. The number of nitrogens with zero attached hydrogens (tertiary/aromatic N) is 5. The van der Waals surface area contributed by atoms with Crippen LogP contribution in [-0.4, -0.2) is 51.0 Å². The molecule has 3 rings (SSSR count). The number of hydrogen-bond acceptors (Lipinski definition) is 7. The van der Waals surface area contributed by atoms with Crippen LogP contribution in [-0.2, 0) is 9.53 Å². The lowest BCUT2D eigenvalue weighted by Gasteiger charge is -2.35. The maximum Gasteiger partial charge on any atom is 0.249 e. The van der Waals surface area contributed by atoms with E-state index in [1.165, 1.54) is 7.11 Å². The van der Waals surface area contributed by atoms with E-state index in [0.29, 0.717) is 17.6 Å². The van der Waals surface area contributed by atoms with Crippen molar-refractivity contribution in [2.75, 3.05) is 25.6 Å². The molecule has 0 radical (unpaired) electrons. The summed E-state index contributed by atoms with van der Waals surface area (Å²) < 4.78 is 5.01. The van der Waals surface area contributed by atoms with Crippen LogP contribution in [0.3, 0.4) is 0 Å². The minimum Gasteiger partial charge on any atom is -0.375 e. The number of aromatic nitrogens is 4. The van der Waals surface area contributed by atoms with Gasteiger partial charge in [-0.3, -0.25) is 4.79 Å². The molecule has 8 nitrogen and oxygen atoms in total. The molecule has 0 aromatic carbocycles. The summed E-state index contributed by atoms with van der Waals surface area (Å²) in [7, 11) is 1.54. The highest BCUT2D eigenvalue weighted by molar-refractivity contribution is 5.78. The number of hydrogen-bond donors (Lipinski definition) is 1. The van der Waals surface area contributed by atoms with Gasteiger partial charge in [-0.15, -0.1) is 0 Å². The number of methoxy groups -OCH3 is 1. The van der Waals surface area contributed by atoms with E-state index in [0.717, 1.165) is 31.5 Å². The fourth-order valence-electron chi connectivity index (χ4n) is 3.05. The second-order valence-corrected chi connectivity index (χ2v) is 5.95. The topological polar surface area (TPSA) is 93.1 Å². The lowest BCUT2D eigenvalue weighted by molar-refractivity contribution is -0.139. The van der Waals surface area contributed by atoms with Crippen LogP contribution in [0.15, 0.2) is 24.5 Å². The van der Waals surface area contributed by atoms with Gasteiger partial charge in [-0.25, -0.2) is 19.9 Å². The van der Waals surface area contributed by atoms with Crippen molar-refractivity contribution in [3.8, 4) is 0 Å². The van der Waals surface area contributed by atoms with Gasteiger partial charge in [0.15, 0.2) is 0 Å². The molecule has 1 atom stereocenters. The Hall–Kier alpha value is -2.61. The number of likely N-dealkylation sites (tertiary alicyclic amines) is 1. The number of aryl methyl sites for hydroxylation is 1. The van der Waals surface area contributed by atoms with Crippen molar-refractivity contribution in [3.05, 3.63) is 36.0 Å². The first kappa shape index (κ1) is 17.2. The van der Waals surface area contributed by atoms with Gasteiger partial charge in [-0.2, -0.15) is 0 Å². The Kier molecular flexibility index (Phi) is 5.49. The Bertz CT molecular complexity index is 724. The van der Waals surface area contributed by atoms with Gasteiger partial charge in [0.25, 0.3) is 0 Å². The van der Waals surface area contributed by atoms with E-state index in [9.17, 15) is 4.79 Å². The summed E-state index contributed by atoms with van der Waals surface area (Å²) >= 11 is 0. The molecule has 1 fully saturated rings. The van der Waals surface area contributed by atoms with Crippen LogP contribution in [0.2, 0.25) is 0 Å². The molecule has 1 aliphatic heterocycles. The monoisotopic (exact) mass is 342 g/mol. The van der Waals surface area contributed by atoms with Crippen LogP contribution in [0.4, 0.5) is 11.8 Å². The zero-order valence-corrected chi connectivity index (χ0v) is 14.5. The number of rotatable bonds is 5. The zero-order valence-electron chi connectivity index (χ0n) is 14.5. The fraction of sp³-hybridized carbons (Fsp3) is 0.471. The summed E-state index contributed by atoms with van der Waals surface area (Å²) in [6.07, 6.45) is 6.27. The van der Waals surface area contributed by atoms with Gasteiger partial charge in [-0.05, 0) is 32.3 Å². The molecular formula is C17H22N6O2. The maximum atomic E-state index is 12.4. The maximum absolute atomic E-state index is 12.4. The van der Waals surface area contributed by atoms with Gasteiger partial charge in [0.1, 0.15) is 18.2 Å². The standard InChI is InChI=1S/C17H22N6O2/c1-12-20-13(10-15(21-12)22-17-18-7-5-8-19-17)14-6-3-4-9-23(14)16(24)11-25-2/h5,7-8,10,14H,3-4,6,9,11H2,1-2H3,(H,18,19,20,21,22)/t14-/m1/s1. The summed E-state index contributed by atoms with van der Waals surface area (Å²) in [5.74, 6) is 1.73. The highest BCUT2D eigenvalue weighted by Crippen LogP contribution is 2.31. The van der Waals surface area contributed by atoms with E-state index < -0.39 is 0 Å². The third-order valence-corrected chi connectivity index (χ3v) is 4.10. The Morgan fingerprint density at radius 2 is 2.12 bits per heavy atom. The molecule has 0 bridgehead atoms. The molecule has 1 N–H and O–H groups in total. The average molecular weight is 342 g/mol. The lowest BCUT2D eigenvalue weighted by Crippen LogP contribution is -2.40. The molecule has 0 unspecified atom stereocenters. The molecule has 1 amide bonds. The third-order valence-electron chi connectivity index (χ3n) is 4.10. The van der Waals surface area contributed by atoms with Crippen molar-refractivity contribution in [3.63, 3.8) is 0 Å². The molecule has 2 aromatic heterocycles. The van der Waals surface area contributed by atoms with Crippen molar-refractivity contribution in [2.45, 2.75) is 32.2 Å². The van der Waals surface area contributed by atoms with Gasteiger partial charge in [0.05, 0.1) is 11.7 Å². The number of carbonyl (C=O) groups excluding carboxylic acids is 1. The van der Waals surface area contributed by atoms with Gasteiger partial charge < -0.3 is 15.0 Å². The Morgan fingerprint density at radius 3 is 2.88 bits per heavy atom. The quantitative estimate of drug-likeness (QED) is 0.888. The normalized spacial score (nSPS) is 17.4. The third kappa shape index (κ3) is 4.27. The number of anilines is 2. The van der Waals surface area contributed by atoms with Crippen LogP contribution >= 0.6 is 0 Å². The largest absolute Gasteiger partial charge is 0.375 e. The Morgan fingerprint density at radius 1 is 1.32 bits per heavy atom. The SMILES string of the molecule is COCC(=O)N1CCCC[C@@H]1c1cc(Nc2ncccn2)nc(C)n1. The van der Waals surface area contributed by atoms with Crippen molar-refractivity contribution in [1.29, 1.82) is 0 Å². The van der Waals surface area contributed by atoms with Crippen molar-refractivity contribution in [1.82, 2.24) is 24.8 Å². The fourth-order valence-corrected chi connectivity index (χ4v) is 3.05. The van der Waals surface area contributed by atoms with Gasteiger partial charge >= 0.3 is 0 Å². The van der Waals surface area contributed by atoms with Crippen molar-refractivity contribution >= 4 is 17.7 Å². The number of amides is 1. The number of ether oxygens (including phenoxy) is 1. The van der Waals surface area contributed by atoms with Crippen LogP contribution in [0, 0.1) is 6.92 Å². The molecular weight excluding hydrogens is 320 g/mol. The molecule has 0 saturated carbocycles. The molecule has 0 spiro atoms. The summed E-state index contributed by atoms with van der Waals surface area (Å²) in [4.78, 5) is 31.5. The average Bonchev–Trinajstić information content (AvgIpc) is 2.62. The van der Waals surface area contributed by atoms with Gasteiger partial charge in [0, 0.05) is 32.1 Å². The molecule has 0 aliphatic carbocycles. The molecule has 1 saturated heterocycles. The van der Waals surface area contributed by atoms with E-state index in [4.69, 9.17) is 4.74 Å². The van der Waals surface area contributed by atoms with Crippen LogP contribution in [0.25, 0.3) is 0 Å². The van der Waals surface area contributed by atoms with E-state index in [2.05, 4.69) is 25.3 Å². The van der Waals surface area contributed by atoms with Crippen LogP contribution in [0.1, 0.15) is 36.8 Å². The Balaban J connectivity index is 1.86. The smallest absolute Gasteiger partial charge is 0.249 e. The summed E-state index contributed by atoms with van der Waals surface area (Å²) in [6.45, 7) is 2.65. The molecule has 8 heteroatoms. The van der Waals surface area contributed by atoms with Crippen LogP contribution < -0.4 is 5.32 Å². The highest BCUT2D eigenvalue weighted by atomic mass is 16.5. The van der Waals surface area contributed by atoms with Gasteiger partial charge in [-0.1, -0.05) is 0 Å². The number of carbonyl (C=O) groups is 1. The first-order valence-electron chi connectivity index (χ1n) is 8.35. The van der Waals surface area contributed by atoms with Gasteiger partial charge in [0.2, 0.25) is 11.9 Å². The van der Waals surface area contributed by atoms with E-state index in [1.54, 1.807) is 18.5 Å². The van der Waals surface area contributed by atoms with Crippen LogP contribution in [0.5, 0.6) is 0 Å². The number of piperidine rings is 1. The predicted octanol–water partition coefficient (Wildman–Crippen LogP) is 2.02. The summed E-state index contributed by atoms with van der Waals surface area (Å²) in [5.41, 5.74) is 0.829. The molecule has 132 valence electrons. The zero-order chi connectivity index (χ0) is 17.6. The summed E-state index contributed by atoms with van der Waals surface area (Å²) in [6, 6.07) is 3.56. The molecule has 1 aliphatic rings. The molecule has 25 heavy (non-hydrogen) atoms. The first-order chi connectivity index (χ1) is 12.2. The molecule has 2 aromatic rings.